The molecule has 1 rings (SSSR count). The summed E-state index contributed by atoms with van der Waals surface area (Å²) in [6.07, 6.45) is 4.02. The number of likely N-dealkylation sites (N-methyl/N-ethyl adjacent to an activating group) is 1. The highest BCUT2D eigenvalue weighted by Gasteiger charge is 1.91. The van der Waals surface area contributed by atoms with Gasteiger partial charge in [0, 0.05) is 12.6 Å². The van der Waals surface area contributed by atoms with Gasteiger partial charge < -0.3 is 10.1 Å². The van der Waals surface area contributed by atoms with Gasteiger partial charge in [-0.05, 0) is 18.7 Å². The van der Waals surface area contributed by atoms with E-state index in [1.165, 1.54) is 0 Å². The molecular weight excluding hydrogens is 176 g/mol. The second-order valence-electron chi connectivity index (χ2n) is 2.81. The summed E-state index contributed by atoms with van der Waals surface area (Å²) < 4.78 is 5.02. The van der Waals surface area contributed by atoms with E-state index in [-0.39, 0.29) is 0 Å². The van der Waals surface area contributed by atoms with Crippen molar-refractivity contribution in [1.82, 2.24) is 10.3 Å². The summed E-state index contributed by atoms with van der Waals surface area (Å²) >= 11 is 0. The Balaban J connectivity index is 2.53. The van der Waals surface area contributed by atoms with E-state index in [1.807, 2.05) is 30.4 Å². The van der Waals surface area contributed by atoms with Crippen molar-refractivity contribution in [2.75, 3.05) is 20.2 Å². The average molecular weight is 192 g/mol. The number of methoxy groups -OCH3 is 1. The first-order valence-electron chi connectivity index (χ1n) is 4.75. The van der Waals surface area contributed by atoms with E-state index in [0.29, 0.717) is 5.88 Å². The minimum absolute atomic E-state index is 0.649. The van der Waals surface area contributed by atoms with Crippen molar-refractivity contribution in [1.29, 1.82) is 0 Å². The van der Waals surface area contributed by atoms with Gasteiger partial charge in [-0.2, -0.15) is 0 Å². The van der Waals surface area contributed by atoms with Crippen LogP contribution in [0.1, 0.15) is 12.6 Å². The molecule has 0 aromatic carbocycles. The fourth-order valence-electron chi connectivity index (χ4n) is 1.04. The molecule has 1 N–H and O–H groups in total. The monoisotopic (exact) mass is 192 g/mol. The van der Waals surface area contributed by atoms with Crippen molar-refractivity contribution in [3.05, 3.63) is 30.0 Å². The quantitative estimate of drug-likeness (QED) is 0.721. The van der Waals surface area contributed by atoms with E-state index >= 15 is 0 Å². The third-order valence-corrected chi connectivity index (χ3v) is 1.76. The normalized spacial score (nSPS) is 10.7. The van der Waals surface area contributed by atoms with Gasteiger partial charge in [0.05, 0.1) is 12.8 Å². The van der Waals surface area contributed by atoms with E-state index in [2.05, 4.69) is 17.2 Å². The number of pyridine rings is 1. The number of ether oxygens (including phenoxy) is 1. The summed E-state index contributed by atoms with van der Waals surface area (Å²) in [6, 6.07) is 5.71. The molecule has 0 atom stereocenters. The Morgan fingerprint density at radius 1 is 1.50 bits per heavy atom. The van der Waals surface area contributed by atoms with Crippen LogP contribution in [-0.4, -0.2) is 25.2 Å². The third-order valence-electron chi connectivity index (χ3n) is 1.76. The molecule has 0 fully saturated rings. The van der Waals surface area contributed by atoms with Crippen molar-refractivity contribution < 1.29 is 4.74 Å². The first kappa shape index (κ1) is 10.7. The highest BCUT2D eigenvalue weighted by atomic mass is 16.5. The van der Waals surface area contributed by atoms with Crippen LogP contribution in [0, 0.1) is 0 Å². The second-order valence-corrected chi connectivity index (χ2v) is 2.81. The Morgan fingerprint density at radius 2 is 2.36 bits per heavy atom. The molecule has 3 nitrogen and oxygen atoms in total. The molecule has 0 amide bonds. The molecule has 0 aliphatic rings. The SMILES string of the molecule is CCNC/C=C/c1cccc(OC)n1. The van der Waals surface area contributed by atoms with Crippen LogP contribution in [0.4, 0.5) is 0 Å². The summed E-state index contributed by atoms with van der Waals surface area (Å²) in [5.41, 5.74) is 0.919. The Bertz CT molecular complexity index is 297. The van der Waals surface area contributed by atoms with Crippen molar-refractivity contribution in [3.8, 4) is 5.88 Å². The topological polar surface area (TPSA) is 34.1 Å². The molecular formula is C11H16N2O. The zero-order valence-corrected chi connectivity index (χ0v) is 8.66. The molecule has 0 bridgehead atoms. The molecule has 0 radical (unpaired) electrons. The van der Waals surface area contributed by atoms with Gasteiger partial charge in [0.1, 0.15) is 0 Å². The van der Waals surface area contributed by atoms with Crippen LogP contribution in [0.3, 0.4) is 0 Å². The molecule has 1 heterocycles. The third kappa shape index (κ3) is 3.58. The summed E-state index contributed by atoms with van der Waals surface area (Å²) in [7, 11) is 1.62. The maximum atomic E-state index is 5.02. The van der Waals surface area contributed by atoms with Crippen molar-refractivity contribution in [3.63, 3.8) is 0 Å². The molecule has 1 aromatic rings. The number of hydrogen-bond donors (Lipinski definition) is 1. The van der Waals surface area contributed by atoms with E-state index in [4.69, 9.17) is 4.74 Å². The van der Waals surface area contributed by atoms with Gasteiger partial charge in [0.15, 0.2) is 0 Å². The Morgan fingerprint density at radius 3 is 3.07 bits per heavy atom. The zero-order chi connectivity index (χ0) is 10.2. The maximum absolute atomic E-state index is 5.02. The van der Waals surface area contributed by atoms with Crippen LogP contribution >= 0.6 is 0 Å². The predicted octanol–water partition coefficient (Wildman–Crippen LogP) is 1.71. The molecule has 0 spiro atoms. The van der Waals surface area contributed by atoms with Crippen LogP contribution in [0.2, 0.25) is 0 Å². The fourth-order valence-corrected chi connectivity index (χ4v) is 1.04. The van der Waals surface area contributed by atoms with Gasteiger partial charge in [-0.3, -0.25) is 0 Å². The Kier molecular flexibility index (Phi) is 4.72. The molecule has 1 aromatic heterocycles. The summed E-state index contributed by atoms with van der Waals surface area (Å²) in [4.78, 5) is 4.25. The first-order valence-corrected chi connectivity index (χ1v) is 4.75. The maximum Gasteiger partial charge on any atom is 0.213 e. The lowest BCUT2D eigenvalue weighted by Gasteiger charge is -1.98. The molecule has 14 heavy (non-hydrogen) atoms. The van der Waals surface area contributed by atoms with Gasteiger partial charge in [-0.25, -0.2) is 4.98 Å². The van der Waals surface area contributed by atoms with Gasteiger partial charge in [-0.15, -0.1) is 0 Å². The minimum Gasteiger partial charge on any atom is -0.481 e. The summed E-state index contributed by atoms with van der Waals surface area (Å²) in [5, 5.41) is 3.20. The molecule has 0 aliphatic carbocycles. The Labute approximate surface area is 84.8 Å². The number of nitrogens with zero attached hydrogens (tertiary/aromatic N) is 1. The number of aromatic nitrogens is 1. The number of hydrogen-bond acceptors (Lipinski definition) is 3. The predicted molar refractivity (Wildman–Crippen MR) is 58.4 cm³/mol. The van der Waals surface area contributed by atoms with E-state index < -0.39 is 0 Å². The molecule has 0 aliphatic heterocycles. The average Bonchev–Trinajstić information content (AvgIpc) is 2.25. The van der Waals surface area contributed by atoms with Crippen LogP contribution in [-0.2, 0) is 0 Å². The van der Waals surface area contributed by atoms with Gasteiger partial charge in [-0.1, -0.05) is 19.1 Å². The van der Waals surface area contributed by atoms with E-state index in [9.17, 15) is 0 Å². The van der Waals surface area contributed by atoms with Gasteiger partial charge in [0.25, 0.3) is 0 Å². The minimum atomic E-state index is 0.649. The lowest BCUT2D eigenvalue weighted by molar-refractivity contribution is 0.397. The van der Waals surface area contributed by atoms with E-state index in [0.717, 1.165) is 18.8 Å². The second kappa shape index (κ2) is 6.16. The van der Waals surface area contributed by atoms with Crippen LogP contribution in [0.25, 0.3) is 6.08 Å². The molecule has 0 saturated carbocycles. The zero-order valence-electron chi connectivity index (χ0n) is 8.66. The highest BCUT2D eigenvalue weighted by molar-refractivity contribution is 5.45. The van der Waals surface area contributed by atoms with Crippen molar-refractivity contribution in [2.24, 2.45) is 0 Å². The number of nitrogens with one attached hydrogen (secondary N) is 1. The van der Waals surface area contributed by atoms with Crippen LogP contribution in [0.15, 0.2) is 24.3 Å². The van der Waals surface area contributed by atoms with Crippen molar-refractivity contribution in [2.45, 2.75) is 6.92 Å². The molecule has 0 unspecified atom stereocenters. The van der Waals surface area contributed by atoms with Gasteiger partial charge in [0.2, 0.25) is 5.88 Å². The standard InChI is InChI=1S/C11H16N2O/c1-3-12-9-5-7-10-6-4-8-11(13-10)14-2/h4-8,12H,3,9H2,1-2H3/b7-5+. The summed E-state index contributed by atoms with van der Waals surface area (Å²) in [5.74, 6) is 0.649. The van der Waals surface area contributed by atoms with Crippen molar-refractivity contribution >= 4 is 6.08 Å². The molecule has 0 saturated heterocycles. The first-order chi connectivity index (χ1) is 6.86. The largest absolute Gasteiger partial charge is 0.481 e. The smallest absolute Gasteiger partial charge is 0.213 e. The Hall–Kier alpha value is -1.35. The lowest BCUT2D eigenvalue weighted by atomic mass is 10.3. The van der Waals surface area contributed by atoms with Gasteiger partial charge >= 0.3 is 0 Å². The number of rotatable bonds is 5. The highest BCUT2D eigenvalue weighted by Crippen LogP contribution is 2.07. The molecule has 3 heteroatoms. The summed E-state index contributed by atoms with van der Waals surface area (Å²) in [6.45, 7) is 3.93. The van der Waals surface area contributed by atoms with E-state index in [1.54, 1.807) is 7.11 Å². The molecule has 76 valence electrons. The fraction of sp³-hybridized carbons (Fsp3) is 0.364. The lowest BCUT2D eigenvalue weighted by Crippen LogP contribution is -2.11. The van der Waals surface area contributed by atoms with Crippen LogP contribution in [0.5, 0.6) is 5.88 Å². The van der Waals surface area contributed by atoms with Crippen LogP contribution < -0.4 is 10.1 Å².